The molecule has 2 aromatic rings. The van der Waals surface area contributed by atoms with E-state index in [1.54, 1.807) is 18.2 Å². The van der Waals surface area contributed by atoms with E-state index in [4.69, 9.17) is 0 Å². The molecule has 0 saturated heterocycles. The molecule has 0 radical (unpaired) electrons. The Morgan fingerprint density at radius 2 is 1.68 bits per heavy atom. The molecule has 1 N–H and O–H groups in total. The average Bonchev–Trinajstić information content (AvgIpc) is 2.47. The smallest absolute Gasteiger partial charge is 0.338 e. The first kappa shape index (κ1) is 12.7. The highest BCUT2D eigenvalue weighted by Gasteiger charge is 2.17. The Morgan fingerprint density at radius 3 is 2.32 bits per heavy atom. The van der Waals surface area contributed by atoms with Crippen molar-refractivity contribution in [1.29, 1.82) is 0 Å². The lowest BCUT2D eigenvalue weighted by molar-refractivity contribution is 0.0597. The summed E-state index contributed by atoms with van der Waals surface area (Å²) >= 11 is 0. The van der Waals surface area contributed by atoms with Crippen LogP contribution in [-0.2, 0) is 4.74 Å². The Hall–Kier alpha value is -2.76. The minimum Gasteiger partial charge on any atom is -0.465 e. The summed E-state index contributed by atoms with van der Waals surface area (Å²) in [5.74, 6) is -0.862. The molecule has 6 heteroatoms. The summed E-state index contributed by atoms with van der Waals surface area (Å²) in [5, 5.41) is 2.51. The standard InChI is InChI=1S/C13H11N3O3/c1-19-12(18)10-6-3-2-5-9(10)11(17)16-13-14-7-4-8-15-13/h2-8H,1H3,(H,14,15,16,17). The Balaban J connectivity index is 2.27. The maximum Gasteiger partial charge on any atom is 0.338 e. The highest BCUT2D eigenvalue weighted by molar-refractivity contribution is 6.10. The molecule has 19 heavy (non-hydrogen) atoms. The van der Waals surface area contributed by atoms with Crippen LogP contribution in [0.3, 0.4) is 0 Å². The van der Waals surface area contributed by atoms with Crippen molar-refractivity contribution in [3.8, 4) is 0 Å². The Kier molecular flexibility index (Phi) is 3.82. The molecule has 0 fully saturated rings. The lowest BCUT2D eigenvalue weighted by atomic mass is 10.1. The Morgan fingerprint density at radius 1 is 1.05 bits per heavy atom. The first-order chi connectivity index (χ1) is 9.22. The topological polar surface area (TPSA) is 81.2 Å². The van der Waals surface area contributed by atoms with E-state index in [0.717, 1.165) is 0 Å². The van der Waals surface area contributed by atoms with Gasteiger partial charge in [0.15, 0.2) is 0 Å². The molecule has 0 aliphatic carbocycles. The number of hydrogen-bond donors (Lipinski definition) is 1. The highest BCUT2D eigenvalue weighted by Crippen LogP contribution is 2.11. The van der Waals surface area contributed by atoms with Crippen LogP contribution in [-0.4, -0.2) is 29.0 Å². The Bertz CT molecular complexity index is 599. The number of anilines is 1. The second kappa shape index (κ2) is 5.72. The van der Waals surface area contributed by atoms with Crippen molar-refractivity contribution in [2.24, 2.45) is 0 Å². The highest BCUT2D eigenvalue weighted by atomic mass is 16.5. The van der Waals surface area contributed by atoms with Crippen molar-refractivity contribution in [2.75, 3.05) is 12.4 Å². The minimum atomic E-state index is -0.570. The zero-order valence-electron chi connectivity index (χ0n) is 10.2. The van der Waals surface area contributed by atoms with E-state index in [1.165, 1.54) is 31.6 Å². The van der Waals surface area contributed by atoms with Crippen LogP contribution in [0.2, 0.25) is 0 Å². The first-order valence-electron chi connectivity index (χ1n) is 5.48. The van der Waals surface area contributed by atoms with E-state index in [2.05, 4.69) is 20.0 Å². The number of carbonyl (C=O) groups excluding carboxylic acids is 2. The van der Waals surface area contributed by atoms with Crippen molar-refractivity contribution >= 4 is 17.8 Å². The SMILES string of the molecule is COC(=O)c1ccccc1C(=O)Nc1ncccn1. The molecule has 0 saturated carbocycles. The summed E-state index contributed by atoms with van der Waals surface area (Å²) in [5.41, 5.74) is 0.403. The molecule has 96 valence electrons. The van der Waals surface area contributed by atoms with Crippen LogP contribution in [0.25, 0.3) is 0 Å². The maximum atomic E-state index is 12.1. The number of carbonyl (C=O) groups is 2. The molecule has 1 heterocycles. The summed E-state index contributed by atoms with van der Waals surface area (Å²) in [7, 11) is 1.26. The first-order valence-corrected chi connectivity index (χ1v) is 5.48. The van der Waals surface area contributed by atoms with Gasteiger partial charge in [0.25, 0.3) is 5.91 Å². The maximum absolute atomic E-state index is 12.1. The summed E-state index contributed by atoms with van der Waals surface area (Å²) in [4.78, 5) is 31.4. The van der Waals surface area contributed by atoms with Crippen LogP contribution in [0.15, 0.2) is 42.7 Å². The van der Waals surface area contributed by atoms with Gasteiger partial charge in [0, 0.05) is 12.4 Å². The van der Waals surface area contributed by atoms with Gasteiger partial charge in [-0.3, -0.25) is 10.1 Å². The fourth-order valence-electron chi connectivity index (χ4n) is 1.50. The second-order valence-electron chi connectivity index (χ2n) is 3.56. The third-order valence-electron chi connectivity index (χ3n) is 2.37. The Labute approximate surface area is 109 Å². The quantitative estimate of drug-likeness (QED) is 0.843. The van der Waals surface area contributed by atoms with Gasteiger partial charge < -0.3 is 4.74 Å². The molecule has 1 aromatic carbocycles. The van der Waals surface area contributed by atoms with Crippen molar-refractivity contribution in [2.45, 2.75) is 0 Å². The van der Waals surface area contributed by atoms with Crippen LogP contribution in [0.5, 0.6) is 0 Å². The van der Waals surface area contributed by atoms with Crippen LogP contribution in [0.4, 0.5) is 5.95 Å². The molecule has 0 aliphatic heterocycles. The number of amides is 1. The van der Waals surface area contributed by atoms with Gasteiger partial charge in [0.05, 0.1) is 18.2 Å². The molecule has 0 aliphatic rings. The van der Waals surface area contributed by atoms with Crippen molar-refractivity contribution in [3.05, 3.63) is 53.9 Å². The molecule has 6 nitrogen and oxygen atoms in total. The molecule has 0 spiro atoms. The number of nitrogens with one attached hydrogen (secondary N) is 1. The molecule has 0 bridgehead atoms. The molecule has 2 rings (SSSR count). The van der Waals surface area contributed by atoms with Gasteiger partial charge in [-0.2, -0.15) is 0 Å². The second-order valence-corrected chi connectivity index (χ2v) is 3.56. The van der Waals surface area contributed by atoms with Gasteiger partial charge in [-0.1, -0.05) is 12.1 Å². The monoisotopic (exact) mass is 257 g/mol. The lowest BCUT2D eigenvalue weighted by Crippen LogP contribution is -2.18. The largest absolute Gasteiger partial charge is 0.465 e. The number of ether oxygens (including phenoxy) is 1. The van der Waals surface area contributed by atoms with Crippen LogP contribution >= 0.6 is 0 Å². The van der Waals surface area contributed by atoms with E-state index in [9.17, 15) is 9.59 Å². The summed E-state index contributed by atoms with van der Waals surface area (Å²) in [6, 6.07) is 8.00. The van der Waals surface area contributed by atoms with E-state index >= 15 is 0 Å². The number of rotatable bonds is 3. The van der Waals surface area contributed by atoms with Gasteiger partial charge in [-0.05, 0) is 18.2 Å². The number of esters is 1. The van der Waals surface area contributed by atoms with Gasteiger partial charge in [-0.15, -0.1) is 0 Å². The van der Waals surface area contributed by atoms with Gasteiger partial charge >= 0.3 is 5.97 Å². The average molecular weight is 257 g/mol. The molecule has 0 atom stereocenters. The molecule has 1 aromatic heterocycles. The molecular formula is C13H11N3O3. The van der Waals surface area contributed by atoms with Crippen molar-refractivity contribution in [3.63, 3.8) is 0 Å². The number of nitrogens with zero attached hydrogens (tertiary/aromatic N) is 2. The molecule has 0 unspecified atom stereocenters. The van der Waals surface area contributed by atoms with Crippen LogP contribution in [0.1, 0.15) is 20.7 Å². The zero-order chi connectivity index (χ0) is 13.7. The van der Waals surface area contributed by atoms with Gasteiger partial charge in [0.2, 0.25) is 5.95 Å². The van der Waals surface area contributed by atoms with Crippen LogP contribution in [0, 0.1) is 0 Å². The summed E-state index contributed by atoms with van der Waals surface area (Å²) in [6.07, 6.45) is 3.02. The number of aromatic nitrogens is 2. The predicted molar refractivity (Wildman–Crippen MR) is 67.8 cm³/mol. The van der Waals surface area contributed by atoms with Crippen molar-refractivity contribution < 1.29 is 14.3 Å². The van der Waals surface area contributed by atoms with Crippen LogP contribution < -0.4 is 5.32 Å². The predicted octanol–water partition coefficient (Wildman–Crippen LogP) is 1.52. The third kappa shape index (κ3) is 2.92. The third-order valence-corrected chi connectivity index (χ3v) is 2.37. The zero-order valence-corrected chi connectivity index (χ0v) is 10.2. The van der Waals surface area contributed by atoms with Gasteiger partial charge in [-0.25, -0.2) is 14.8 Å². The van der Waals surface area contributed by atoms with E-state index in [0.29, 0.717) is 0 Å². The van der Waals surface area contributed by atoms with E-state index < -0.39 is 11.9 Å². The minimum absolute atomic E-state index is 0.173. The number of methoxy groups -OCH3 is 1. The summed E-state index contributed by atoms with van der Waals surface area (Å²) < 4.78 is 4.63. The summed E-state index contributed by atoms with van der Waals surface area (Å²) in [6.45, 7) is 0. The fourth-order valence-corrected chi connectivity index (χ4v) is 1.50. The van der Waals surface area contributed by atoms with E-state index in [-0.39, 0.29) is 17.1 Å². The fraction of sp³-hybridized carbons (Fsp3) is 0.0769. The molecular weight excluding hydrogens is 246 g/mol. The molecule has 1 amide bonds. The van der Waals surface area contributed by atoms with E-state index in [1.807, 2.05) is 0 Å². The number of benzene rings is 1. The lowest BCUT2D eigenvalue weighted by Gasteiger charge is -2.07. The van der Waals surface area contributed by atoms with Gasteiger partial charge in [0.1, 0.15) is 0 Å². The van der Waals surface area contributed by atoms with Crippen molar-refractivity contribution in [1.82, 2.24) is 9.97 Å². The normalized spacial score (nSPS) is 9.74. The number of hydrogen-bond acceptors (Lipinski definition) is 5.